The Hall–Kier alpha value is -1.14. The summed E-state index contributed by atoms with van der Waals surface area (Å²) < 4.78 is 32.2. The summed E-state index contributed by atoms with van der Waals surface area (Å²) in [5.41, 5.74) is 0.577. The highest BCUT2D eigenvalue weighted by Crippen LogP contribution is 2.37. The molecule has 1 saturated carbocycles. The Morgan fingerprint density at radius 2 is 1.75 bits per heavy atom. The van der Waals surface area contributed by atoms with Crippen LogP contribution in [0.15, 0.2) is 12.1 Å². The molecular formula is C18H27BF2O3. The van der Waals surface area contributed by atoms with Crippen molar-refractivity contribution in [3.05, 3.63) is 29.3 Å². The van der Waals surface area contributed by atoms with Gasteiger partial charge < -0.3 is 14.7 Å². The molecule has 1 aromatic carbocycles. The minimum Gasteiger partial charge on any atom is -0.508 e. The summed E-state index contributed by atoms with van der Waals surface area (Å²) in [4.78, 5) is 0. The summed E-state index contributed by atoms with van der Waals surface area (Å²) in [6, 6.07) is 2.44. The summed E-state index contributed by atoms with van der Waals surface area (Å²) in [5, 5.41) is 17.4. The van der Waals surface area contributed by atoms with E-state index in [1.807, 2.05) is 0 Å². The standard InChI is InChI=1S/C18H27BF2O3/c1-3-4-13-5-7-15(8-6-13)12(2)9-14-10-16(20)18(17(21)11-14)24-19(22)23/h10-13,15,22-23H,3-9H2,1-2H3/t12-,13?,15?/m1/s1. The molecule has 0 saturated heterocycles. The van der Waals surface area contributed by atoms with Crippen LogP contribution in [-0.4, -0.2) is 17.4 Å². The number of hydrogen-bond donors (Lipinski definition) is 2. The topological polar surface area (TPSA) is 49.7 Å². The van der Waals surface area contributed by atoms with Crippen molar-refractivity contribution < 1.29 is 23.5 Å². The number of benzene rings is 1. The maximum atomic E-state index is 13.9. The van der Waals surface area contributed by atoms with Crippen LogP contribution >= 0.6 is 0 Å². The first kappa shape index (κ1) is 19.2. The SMILES string of the molecule is CCCC1CCC([C@H](C)Cc2cc(F)c(OB(O)O)c(F)c2)CC1. The average Bonchev–Trinajstić information content (AvgIpc) is 2.52. The maximum absolute atomic E-state index is 13.9. The minimum atomic E-state index is -2.24. The molecule has 0 heterocycles. The van der Waals surface area contributed by atoms with E-state index in [1.165, 1.54) is 50.7 Å². The van der Waals surface area contributed by atoms with Gasteiger partial charge in [0, 0.05) is 0 Å². The molecule has 2 rings (SSSR count). The van der Waals surface area contributed by atoms with Crippen LogP contribution in [-0.2, 0) is 6.42 Å². The summed E-state index contributed by atoms with van der Waals surface area (Å²) in [6.45, 7) is 4.36. The van der Waals surface area contributed by atoms with Crippen molar-refractivity contribution in [2.75, 3.05) is 0 Å². The van der Waals surface area contributed by atoms with E-state index in [-0.39, 0.29) is 0 Å². The van der Waals surface area contributed by atoms with Gasteiger partial charge in [-0.1, -0.05) is 39.5 Å². The molecule has 6 heteroatoms. The lowest BCUT2D eigenvalue weighted by molar-refractivity contribution is 0.206. The second-order valence-corrected chi connectivity index (χ2v) is 7.08. The Labute approximate surface area is 143 Å². The molecule has 1 aliphatic rings. The highest BCUT2D eigenvalue weighted by Gasteiger charge is 2.26. The third kappa shape index (κ3) is 5.18. The molecule has 0 aliphatic heterocycles. The van der Waals surface area contributed by atoms with Gasteiger partial charge in [-0.15, -0.1) is 0 Å². The van der Waals surface area contributed by atoms with E-state index < -0.39 is 24.7 Å². The molecule has 1 atom stereocenters. The van der Waals surface area contributed by atoms with Crippen LogP contribution in [0.25, 0.3) is 0 Å². The second kappa shape index (κ2) is 8.81. The van der Waals surface area contributed by atoms with Gasteiger partial charge in [0.1, 0.15) is 0 Å². The molecular weight excluding hydrogens is 313 g/mol. The zero-order valence-corrected chi connectivity index (χ0v) is 14.5. The van der Waals surface area contributed by atoms with Gasteiger partial charge in [-0.2, -0.15) is 0 Å². The predicted octanol–water partition coefficient (Wildman–Crippen LogP) is 4.10. The monoisotopic (exact) mass is 340 g/mol. The van der Waals surface area contributed by atoms with Gasteiger partial charge in [-0.25, -0.2) is 8.78 Å². The lowest BCUT2D eigenvalue weighted by atomic mass is 9.74. The molecule has 24 heavy (non-hydrogen) atoms. The van der Waals surface area contributed by atoms with Gasteiger partial charge in [0.2, 0.25) is 0 Å². The van der Waals surface area contributed by atoms with Gasteiger partial charge >= 0.3 is 7.32 Å². The molecule has 2 N–H and O–H groups in total. The van der Waals surface area contributed by atoms with Crippen molar-refractivity contribution in [2.45, 2.75) is 58.8 Å². The first-order valence-corrected chi connectivity index (χ1v) is 8.91. The fraction of sp³-hybridized carbons (Fsp3) is 0.667. The van der Waals surface area contributed by atoms with E-state index in [4.69, 9.17) is 10.0 Å². The molecule has 0 unspecified atom stereocenters. The molecule has 134 valence electrons. The lowest BCUT2D eigenvalue weighted by Gasteiger charge is -2.32. The fourth-order valence-electron chi connectivity index (χ4n) is 3.94. The lowest BCUT2D eigenvalue weighted by Crippen LogP contribution is -2.23. The van der Waals surface area contributed by atoms with Crippen LogP contribution in [0.5, 0.6) is 5.75 Å². The first-order chi connectivity index (χ1) is 11.4. The highest BCUT2D eigenvalue weighted by molar-refractivity contribution is 6.33. The predicted molar refractivity (Wildman–Crippen MR) is 90.4 cm³/mol. The Balaban J connectivity index is 1.96. The Bertz CT molecular complexity index is 508. The van der Waals surface area contributed by atoms with Crippen LogP contribution in [0, 0.1) is 29.4 Å². The smallest absolute Gasteiger partial charge is 0.508 e. The molecule has 1 aromatic rings. The van der Waals surface area contributed by atoms with E-state index in [1.54, 1.807) is 0 Å². The van der Waals surface area contributed by atoms with Gasteiger partial charge in [-0.05, 0) is 54.7 Å². The summed E-state index contributed by atoms with van der Waals surface area (Å²) >= 11 is 0. The first-order valence-electron chi connectivity index (χ1n) is 8.91. The molecule has 3 nitrogen and oxygen atoms in total. The number of halogens is 2. The van der Waals surface area contributed by atoms with Crippen molar-refractivity contribution in [1.82, 2.24) is 0 Å². The van der Waals surface area contributed by atoms with E-state index in [2.05, 4.69) is 18.5 Å². The van der Waals surface area contributed by atoms with Crippen LogP contribution in [0.4, 0.5) is 8.78 Å². The van der Waals surface area contributed by atoms with E-state index in [0.29, 0.717) is 23.8 Å². The third-order valence-corrected chi connectivity index (χ3v) is 5.23. The van der Waals surface area contributed by atoms with Crippen molar-refractivity contribution in [3.8, 4) is 5.75 Å². The molecule has 0 spiro atoms. The number of hydrogen-bond acceptors (Lipinski definition) is 3. The summed E-state index contributed by atoms with van der Waals surface area (Å²) in [7, 11) is -2.24. The maximum Gasteiger partial charge on any atom is 0.707 e. The molecule has 1 aliphatic carbocycles. The van der Waals surface area contributed by atoms with Crippen molar-refractivity contribution in [2.24, 2.45) is 17.8 Å². The summed E-state index contributed by atoms with van der Waals surface area (Å²) in [6.07, 6.45) is 8.04. The van der Waals surface area contributed by atoms with Crippen molar-refractivity contribution in [3.63, 3.8) is 0 Å². The average molecular weight is 340 g/mol. The molecule has 0 aromatic heterocycles. The second-order valence-electron chi connectivity index (χ2n) is 7.08. The quantitative estimate of drug-likeness (QED) is 0.735. The number of rotatable bonds is 7. The van der Waals surface area contributed by atoms with E-state index >= 15 is 0 Å². The van der Waals surface area contributed by atoms with Crippen LogP contribution in [0.1, 0.15) is 57.9 Å². The van der Waals surface area contributed by atoms with Gasteiger partial charge in [0.15, 0.2) is 17.4 Å². The van der Waals surface area contributed by atoms with Gasteiger partial charge in [0.25, 0.3) is 0 Å². The largest absolute Gasteiger partial charge is 0.707 e. The summed E-state index contributed by atoms with van der Waals surface area (Å²) in [5.74, 6) is -0.758. The minimum absolute atomic E-state index is 0.363. The zero-order chi connectivity index (χ0) is 17.7. The van der Waals surface area contributed by atoms with E-state index in [9.17, 15) is 8.78 Å². The molecule has 0 radical (unpaired) electrons. The van der Waals surface area contributed by atoms with Crippen LogP contribution < -0.4 is 4.65 Å². The van der Waals surface area contributed by atoms with Crippen LogP contribution in [0.2, 0.25) is 0 Å². The molecule has 1 fully saturated rings. The van der Waals surface area contributed by atoms with Crippen molar-refractivity contribution >= 4 is 7.32 Å². The highest BCUT2D eigenvalue weighted by atomic mass is 19.1. The molecule has 0 bridgehead atoms. The third-order valence-electron chi connectivity index (χ3n) is 5.23. The van der Waals surface area contributed by atoms with Gasteiger partial charge in [0.05, 0.1) is 0 Å². The van der Waals surface area contributed by atoms with E-state index in [0.717, 1.165) is 5.92 Å². The van der Waals surface area contributed by atoms with Crippen molar-refractivity contribution in [1.29, 1.82) is 0 Å². The van der Waals surface area contributed by atoms with Crippen LogP contribution in [0.3, 0.4) is 0 Å². The fourth-order valence-corrected chi connectivity index (χ4v) is 3.94. The Morgan fingerprint density at radius 1 is 1.17 bits per heavy atom. The Kier molecular flexibility index (Phi) is 7.05. The zero-order valence-electron chi connectivity index (χ0n) is 14.5. The molecule has 0 amide bonds. The van der Waals surface area contributed by atoms with Gasteiger partial charge in [-0.3, -0.25) is 0 Å². The Morgan fingerprint density at radius 3 is 2.25 bits per heavy atom. The normalized spacial score (nSPS) is 22.2.